The molecule has 0 atom stereocenters. The number of carbonyl (C=O) groups excluding carboxylic acids is 2. The van der Waals surface area contributed by atoms with Crippen molar-refractivity contribution in [1.29, 1.82) is 0 Å². The summed E-state index contributed by atoms with van der Waals surface area (Å²) in [6.45, 7) is 0.145. The molecule has 0 unspecified atom stereocenters. The van der Waals surface area contributed by atoms with E-state index in [1.165, 1.54) is 16.6 Å². The van der Waals surface area contributed by atoms with E-state index in [0.29, 0.717) is 11.3 Å². The van der Waals surface area contributed by atoms with Crippen LogP contribution in [0.1, 0.15) is 6.42 Å². The number of carbonyl (C=O) groups is 2. The van der Waals surface area contributed by atoms with Crippen LogP contribution < -0.4 is 16.0 Å². The number of nitrogens with zero attached hydrogens (tertiary/aromatic N) is 3. The topological polar surface area (TPSA) is 100 Å². The number of benzene rings is 1. The van der Waals surface area contributed by atoms with Crippen LogP contribution in [0.15, 0.2) is 48.7 Å². The number of nitrogens with one attached hydrogen (secondary N) is 3. The molecule has 3 rings (SSSR count). The Morgan fingerprint density at radius 2 is 1.88 bits per heavy atom. The van der Waals surface area contributed by atoms with E-state index in [0.717, 1.165) is 6.20 Å². The Labute approximate surface area is 142 Å². The molecule has 0 radical (unpaired) electrons. The van der Waals surface area contributed by atoms with Crippen molar-refractivity contribution in [3.63, 3.8) is 0 Å². The van der Waals surface area contributed by atoms with E-state index in [1.807, 2.05) is 6.07 Å². The maximum atomic E-state index is 13.1. The third-order valence-corrected chi connectivity index (χ3v) is 3.22. The fraction of sp³-hybridized carbons (Fsp3) is 0.125. The monoisotopic (exact) mass is 342 g/mol. The minimum Gasteiger partial charge on any atom is -0.337 e. The SMILES string of the molecule is O=C(CCNC(=O)Nc1ccccc1)Nc1nc2ccc(F)cn2n1. The van der Waals surface area contributed by atoms with Crippen LogP contribution in [0.5, 0.6) is 0 Å². The Morgan fingerprint density at radius 3 is 2.68 bits per heavy atom. The normalized spacial score (nSPS) is 10.4. The lowest BCUT2D eigenvalue weighted by atomic mass is 10.3. The number of hydrogen-bond donors (Lipinski definition) is 3. The van der Waals surface area contributed by atoms with Gasteiger partial charge in [0.25, 0.3) is 0 Å². The summed E-state index contributed by atoms with van der Waals surface area (Å²) in [5.41, 5.74) is 1.07. The number of fused-ring (bicyclic) bond motifs is 1. The van der Waals surface area contributed by atoms with Gasteiger partial charge in [-0.25, -0.2) is 13.7 Å². The van der Waals surface area contributed by atoms with E-state index >= 15 is 0 Å². The minimum atomic E-state index is -0.455. The highest BCUT2D eigenvalue weighted by atomic mass is 19.1. The van der Waals surface area contributed by atoms with E-state index in [9.17, 15) is 14.0 Å². The van der Waals surface area contributed by atoms with Gasteiger partial charge >= 0.3 is 6.03 Å². The van der Waals surface area contributed by atoms with E-state index in [2.05, 4.69) is 26.0 Å². The van der Waals surface area contributed by atoms with Gasteiger partial charge in [0.2, 0.25) is 11.9 Å². The molecule has 2 aromatic heterocycles. The van der Waals surface area contributed by atoms with Crippen molar-refractivity contribution in [1.82, 2.24) is 19.9 Å². The molecule has 0 fully saturated rings. The minimum absolute atomic E-state index is 0.0477. The first-order valence-electron chi connectivity index (χ1n) is 7.52. The van der Waals surface area contributed by atoms with Crippen LogP contribution in [0.25, 0.3) is 5.65 Å². The van der Waals surface area contributed by atoms with Crippen LogP contribution in [0.3, 0.4) is 0 Å². The number of urea groups is 1. The summed E-state index contributed by atoms with van der Waals surface area (Å²) in [5.74, 6) is -0.746. The molecule has 0 saturated carbocycles. The summed E-state index contributed by atoms with van der Waals surface area (Å²) in [6.07, 6.45) is 1.21. The number of hydrogen-bond acceptors (Lipinski definition) is 4. The van der Waals surface area contributed by atoms with Crippen molar-refractivity contribution in [2.24, 2.45) is 0 Å². The summed E-state index contributed by atoms with van der Waals surface area (Å²) in [7, 11) is 0. The lowest BCUT2D eigenvalue weighted by molar-refractivity contribution is -0.116. The first-order chi connectivity index (χ1) is 12.1. The summed E-state index contributed by atoms with van der Waals surface area (Å²) >= 11 is 0. The van der Waals surface area contributed by atoms with Crippen molar-refractivity contribution in [2.45, 2.75) is 6.42 Å². The summed E-state index contributed by atoms with van der Waals surface area (Å²) in [6, 6.07) is 11.3. The van der Waals surface area contributed by atoms with Crippen LogP contribution >= 0.6 is 0 Å². The van der Waals surface area contributed by atoms with E-state index < -0.39 is 11.8 Å². The molecule has 3 aromatic rings. The number of halogens is 1. The average Bonchev–Trinajstić information content (AvgIpc) is 2.96. The highest BCUT2D eigenvalue weighted by Crippen LogP contribution is 2.07. The lowest BCUT2D eigenvalue weighted by Crippen LogP contribution is -2.31. The highest BCUT2D eigenvalue weighted by molar-refractivity contribution is 5.91. The first kappa shape index (κ1) is 16.4. The van der Waals surface area contributed by atoms with Crippen molar-refractivity contribution in [2.75, 3.05) is 17.2 Å². The smallest absolute Gasteiger partial charge is 0.319 e. The van der Waals surface area contributed by atoms with E-state index in [4.69, 9.17) is 0 Å². The fourth-order valence-electron chi connectivity index (χ4n) is 2.08. The quantitative estimate of drug-likeness (QED) is 0.660. The molecule has 0 aliphatic rings. The van der Waals surface area contributed by atoms with Gasteiger partial charge in [-0.3, -0.25) is 10.1 Å². The molecule has 9 heteroatoms. The molecule has 25 heavy (non-hydrogen) atoms. The molecule has 0 aliphatic carbocycles. The Morgan fingerprint density at radius 1 is 1.08 bits per heavy atom. The molecule has 0 saturated heterocycles. The van der Waals surface area contributed by atoms with Crippen molar-refractivity contribution >= 4 is 29.2 Å². The number of para-hydroxylation sites is 1. The summed E-state index contributed by atoms with van der Waals surface area (Å²) in [4.78, 5) is 27.6. The van der Waals surface area contributed by atoms with Gasteiger partial charge in [-0.2, -0.15) is 4.98 Å². The zero-order valence-corrected chi connectivity index (χ0v) is 13.1. The van der Waals surface area contributed by atoms with Gasteiger partial charge in [0.15, 0.2) is 5.65 Å². The predicted octanol–water partition coefficient (Wildman–Crippen LogP) is 2.02. The van der Waals surface area contributed by atoms with Gasteiger partial charge in [-0.1, -0.05) is 18.2 Å². The molecule has 8 nitrogen and oxygen atoms in total. The Hall–Kier alpha value is -3.49. The maximum Gasteiger partial charge on any atom is 0.319 e. The van der Waals surface area contributed by atoms with Gasteiger partial charge in [0.1, 0.15) is 5.82 Å². The molecular weight excluding hydrogens is 327 g/mol. The van der Waals surface area contributed by atoms with Crippen molar-refractivity contribution < 1.29 is 14.0 Å². The Bertz CT molecular complexity index is 896. The fourth-order valence-corrected chi connectivity index (χ4v) is 2.08. The zero-order chi connectivity index (χ0) is 17.6. The van der Waals surface area contributed by atoms with Crippen LogP contribution in [0.4, 0.5) is 20.8 Å². The summed E-state index contributed by atoms with van der Waals surface area (Å²) in [5, 5.41) is 11.7. The van der Waals surface area contributed by atoms with Crippen LogP contribution in [0, 0.1) is 5.82 Å². The Balaban J connectivity index is 1.45. The van der Waals surface area contributed by atoms with Crippen molar-refractivity contribution in [3.05, 3.63) is 54.5 Å². The maximum absolute atomic E-state index is 13.1. The first-order valence-corrected chi connectivity index (χ1v) is 7.52. The zero-order valence-electron chi connectivity index (χ0n) is 13.1. The second-order valence-electron chi connectivity index (χ2n) is 5.13. The van der Waals surface area contributed by atoms with Crippen LogP contribution in [-0.4, -0.2) is 33.1 Å². The van der Waals surface area contributed by atoms with Gasteiger partial charge in [0.05, 0.1) is 6.20 Å². The third kappa shape index (κ3) is 4.50. The molecule has 0 aliphatic heterocycles. The molecule has 0 bridgehead atoms. The number of amides is 3. The van der Waals surface area contributed by atoms with Crippen LogP contribution in [-0.2, 0) is 4.79 Å². The molecule has 2 heterocycles. The van der Waals surface area contributed by atoms with Crippen LogP contribution in [0.2, 0.25) is 0 Å². The molecular formula is C16H15FN6O2. The molecule has 128 valence electrons. The number of anilines is 2. The number of aromatic nitrogens is 3. The Kier molecular flexibility index (Phi) is 4.84. The van der Waals surface area contributed by atoms with E-state index in [-0.39, 0.29) is 24.8 Å². The van der Waals surface area contributed by atoms with Crippen molar-refractivity contribution in [3.8, 4) is 0 Å². The van der Waals surface area contributed by atoms with Gasteiger partial charge in [-0.15, -0.1) is 5.10 Å². The third-order valence-electron chi connectivity index (χ3n) is 3.22. The second-order valence-corrected chi connectivity index (χ2v) is 5.13. The van der Waals surface area contributed by atoms with Gasteiger partial charge in [0, 0.05) is 18.7 Å². The second kappa shape index (κ2) is 7.39. The molecule has 1 aromatic carbocycles. The van der Waals surface area contributed by atoms with E-state index in [1.54, 1.807) is 24.3 Å². The number of rotatable bonds is 5. The van der Waals surface area contributed by atoms with Gasteiger partial charge < -0.3 is 10.6 Å². The lowest BCUT2D eigenvalue weighted by Gasteiger charge is -2.07. The molecule has 3 amide bonds. The predicted molar refractivity (Wildman–Crippen MR) is 89.7 cm³/mol. The standard InChI is InChI=1S/C16H15FN6O2/c17-11-6-7-13-20-15(22-23(13)10-11)21-14(24)8-9-18-16(25)19-12-4-2-1-3-5-12/h1-7,10H,8-9H2,(H2,18,19,25)(H,21,22,24). The largest absolute Gasteiger partial charge is 0.337 e. The highest BCUT2D eigenvalue weighted by Gasteiger charge is 2.09. The molecule has 3 N–H and O–H groups in total. The molecule has 0 spiro atoms. The summed E-state index contributed by atoms with van der Waals surface area (Å²) < 4.78 is 14.3. The number of pyridine rings is 1. The average molecular weight is 342 g/mol. The van der Waals surface area contributed by atoms with Gasteiger partial charge in [-0.05, 0) is 24.3 Å².